The fourth-order valence-corrected chi connectivity index (χ4v) is 2.27. The molecule has 0 aromatic heterocycles. The van der Waals surface area contributed by atoms with Gasteiger partial charge in [-0.3, -0.25) is 0 Å². The van der Waals surface area contributed by atoms with Crippen molar-refractivity contribution >= 4 is 0 Å². The van der Waals surface area contributed by atoms with E-state index in [1.54, 1.807) is 0 Å². The summed E-state index contributed by atoms with van der Waals surface area (Å²) >= 11 is 0. The van der Waals surface area contributed by atoms with Crippen molar-refractivity contribution in [3.05, 3.63) is 35.9 Å². The van der Waals surface area contributed by atoms with Crippen LogP contribution >= 0.6 is 0 Å². The average Bonchev–Trinajstić information content (AvgIpc) is 2.76. The van der Waals surface area contributed by atoms with Crippen molar-refractivity contribution in [1.29, 1.82) is 0 Å². The lowest BCUT2D eigenvalue weighted by atomic mass is 10.1. The van der Waals surface area contributed by atoms with E-state index >= 15 is 0 Å². The van der Waals surface area contributed by atoms with Crippen LogP contribution in [0.15, 0.2) is 30.3 Å². The summed E-state index contributed by atoms with van der Waals surface area (Å²) in [6, 6.07) is 10.2. The second-order valence-electron chi connectivity index (χ2n) is 5.35. The molecular formula is C15H23NO3. The van der Waals surface area contributed by atoms with Gasteiger partial charge in [0.25, 0.3) is 0 Å². The fraction of sp³-hybridized carbons (Fsp3) is 0.600. The first-order valence-electron chi connectivity index (χ1n) is 6.81. The SMILES string of the molecule is CC1(C)OC[C@@H]([C@H](CO)NCCc2ccccc2)O1. The Bertz CT molecular complexity index is 380. The Morgan fingerprint density at radius 2 is 2.11 bits per heavy atom. The van der Waals surface area contributed by atoms with Gasteiger partial charge >= 0.3 is 0 Å². The first-order valence-corrected chi connectivity index (χ1v) is 6.81. The predicted octanol–water partition coefficient (Wildman–Crippen LogP) is 1.33. The summed E-state index contributed by atoms with van der Waals surface area (Å²) in [5, 5.41) is 12.8. The largest absolute Gasteiger partial charge is 0.395 e. The highest BCUT2D eigenvalue weighted by Crippen LogP contribution is 2.24. The van der Waals surface area contributed by atoms with Crippen LogP contribution in [0.5, 0.6) is 0 Å². The summed E-state index contributed by atoms with van der Waals surface area (Å²) < 4.78 is 11.3. The van der Waals surface area contributed by atoms with Crippen LogP contribution in [-0.4, -0.2) is 42.8 Å². The Labute approximate surface area is 114 Å². The zero-order chi connectivity index (χ0) is 13.7. The molecule has 1 aliphatic heterocycles. The van der Waals surface area contributed by atoms with Crippen molar-refractivity contribution in [2.45, 2.75) is 38.2 Å². The van der Waals surface area contributed by atoms with Crippen molar-refractivity contribution in [1.82, 2.24) is 5.32 Å². The molecule has 4 nitrogen and oxygen atoms in total. The van der Waals surface area contributed by atoms with Crippen molar-refractivity contribution in [2.75, 3.05) is 19.8 Å². The smallest absolute Gasteiger partial charge is 0.163 e. The van der Waals surface area contributed by atoms with Gasteiger partial charge in [0.1, 0.15) is 6.10 Å². The van der Waals surface area contributed by atoms with E-state index in [0.717, 1.165) is 13.0 Å². The molecule has 1 saturated heterocycles. The van der Waals surface area contributed by atoms with Crippen LogP contribution in [0.4, 0.5) is 0 Å². The molecule has 2 atom stereocenters. The number of hydrogen-bond acceptors (Lipinski definition) is 4. The molecular weight excluding hydrogens is 242 g/mol. The van der Waals surface area contributed by atoms with Crippen LogP contribution < -0.4 is 5.32 Å². The van der Waals surface area contributed by atoms with E-state index in [1.807, 2.05) is 32.0 Å². The highest BCUT2D eigenvalue weighted by molar-refractivity contribution is 5.14. The van der Waals surface area contributed by atoms with E-state index in [2.05, 4.69) is 17.4 Å². The molecule has 1 aliphatic rings. The lowest BCUT2D eigenvalue weighted by Gasteiger charge is -2.23. The van der Waals surface area contributed by atoms with Gasteiger partial charge < -0.3 is 19.9 Å². The molecule has 0 bridgehead atoms. The quantitative estimate of drug-likeness (QED) is 0.815. The highest BCUT2D eigenvalue weighted by atomic mass is 16.7. The minimum Gasteiger partial charge on any atom is -0.395 e. The Balaban J connectivity index is 1.77. The first-order chi connectivity index (χ1) is 9.11. The van der Waals surface area contributed by atoms with E-state index in [9.17, 15) is 5.11 Å². The van der Waals surface area contributed by atoms with Crippen molar-refractivity contribution in [2.24, 2.45) is 0 Å². The molecule has 106 valence electrons. The van der Waals surface area contributed by atoms with Gasteiger partial charge in [0.2, 0.25) is 0 Å². The van der Waals surface area contributed by atoms with Gasteiger partial charge in [-0.2, -0.15) is 0 Å². The zero-order valence-electron chi connectivity index (χ0n) is 11.6. The van der Waals surface area contributed by atoms with Gasteiger partial charge in [-0.25, -0.2) is 0 Å². The Hall–Kier alpha value is -0.940. The summed E-state index contributed by atoms with van der Waals surface area (Å²) in [6.07, 6.45) is 0.852. The Morgan fingerprint density at radius 3 is 2.68 bits per heavy atom. The topological polar surface area (TPSA) is 50.7 Å². The summed E-state index contributed by atoms with van der Waals surface area (Å²) in [5.41, 5.74) is 1.29. The first kappa shape index (κ1) is 14.5. The molecule has 2 rings (SSSR count). The molecule has 0 aliphatic carbocycles. The molecule has 4 heteroatoms. The molecule has 1 heterocycles. The molecule has 1 aromatic rings. The zero-order valence-corrected chi connectivity index (χ0v) is 11.6. The third-order valence-corrected chi connectivity index (χ3v) is 3.34. The molecule has 19 heavy (non-hydrogen) atoms. The third-order valence-electron chi connectivity index (χ3n) is 3.34. The number of ether oxygens (including phenoxy) is 2. The molecule has 0 saturated carbocycles. The second-order valence-corrected chi connectivity index (χ2v) is 5.35. The van der Waals surface area contributed by atoms with Crippen LogP contribution in [0.1, 0.15) is 19.4 Å². The Kier molecular flexibility index (Phi) is 4.93. The number of aliphatic hydroxyl groups excluding tert-OH is 1. The number of hydrogen-bond donors (Lipinski definition) is 2. The maximum atomic E-state index is 9.46. The summed E-state index contributed by atoms with van der Waals surface area (Å²) in [4.78, 5) is 0. The van der Waals surface area contributed by atoms with Gasteiger partial charge in [-0.15, -0.1) is 0 Å². The predicted molar refractivity (Wildman–Crippen MR) is 73.9 cm³/mol. The van der Waals surface area contributed by atoms with Crippen molar-refractivity contribution in [3.8, 4) is 0 Å². The monoisotopic (exact) mass is 265 g/mol. The fourth-order valence-electron chi connectivity index (χ4n) is 2.27. The standard InChI is InChI=1S/C15H23NO3/c1-15(2)18-11-14(19-15)13(10-17)16-9-8-12-6-4-3-5-7-12/h3-7,13-14,16-17H,8-11H2,1-2H3/t13-,14-/m0/s1. The van der Waals surface area contributed by atoms with Crippen molar-refractivity contribution < 1.29 is 14.6 Å². The second kappa shape index (κ2) is 6.48. The Morgan fingerprint density at radius 1 is 1.37 bits per heavy atom. The summed E-state index contributed by atoms with van der Waals surface area (Å²) in [7, 11) is 0. The number of aliphatic hydroxyl groups is 1. The maximum Gasteiger partial charge on any atom is 0.163 e. The minimum atomic E-state index is -0.542. The van der Waals surface area contributed by atoms with Crippen LogP contribution in [-0.2, 0) is 15.9 Å². The van der Waals surface area contributed by atoms with Crippen LogP contribution in [0, 0.1) is 0 Å². The highest BCUT2D eigenvalue weighted by Gasteiger charge is 2.36. The van der Waals surface area contributed by atoms with Crippen LogP contribution in [0.3, 0.4) is 0 Å². The molecule has 1 aromatic carbocycles. The number of benzene rings is 1. The van der Waals surface area contributed by atoms with Gasteiger partial charge in [-0.05, 0) is 32.4 Å². The van der Waals surface area contributed by atoms with Crippen molar-refractivity contribution in [3.63, 3.8) is 0 Å². The van der Waals surface area contributed by atoms with Crippen LogP contribution in [0.2, 0.25) is 0 Å². The number of rotatable bonds is 6. The summed E-state index contributed by atoms with van der Waals surface area (Å²) in [5.74, 6) is -0.542. The lowest BCUT2D eigenvalue weighted by molar-refractivity contribution is -0.142. The van der Waals surface area contributed by atoms with Gasteiger partial charge in [0, 0.05) is 0 Å². The molecule has 1 fully saturated rings. The van der Waals surface area contributed by atoms with E-state index in [4.69, 9.17) is 9.47 Å². The minimum absolute atomic E-state index is 0.0545. The molecule has 0 radical (unpaired) electrons. The third kappa shape index (κ3) is 4.28. The van der Waals surface area contributed by atoms with E-state index in [-0.39, 0.29) is 18.8 Å². The van der Waals surface area contributed by atoms with Gasteiger partial charge in [-0.1, -0.05) is 30.3 Å². The lowest BCUT2D eigenvalue weighted by Crippen LogP contribution is -2.45. The molecule has 2 N–H and O–H groups in total. The van der Waals surface area contributed by atoms with E-state index in [1.165, 1.54) is 5.56 Å². The van der Waals surface area contributed by atoms with Gasteiger partial charge in [0.15, 0.2) is 5.79 Å². The number of nitrogens with one attached hydrogen (secondary N) is 1. The normalized spacial score (nSPS) is 23.4. The molecule has 0 amide bonds. The molecule has 0 unspecified atom stereocenters. The van der Waals surface area contributed by atoms with Crippen LogP contribution in [0.25, 0.3) is 0 Å². The van der Waals surface area contributed by atoms with Gasteiger partial charge in [0.05, 0.1) is 19.3 Å². The average molecular weight is 265 g/mol. The van der Waals surface area contributed by atoms with E-state index < -0.39 is 5.79 Å². The van der Waals surface area contributed by atoms with E-state index in [0.29, 0.717) is 6.61 Å². The maximum absolute atomic E-state index is 9.46. The summed E-state index contributed by atoms with van der Waals surface area (Å²) in [6.45, 7) is 5.18. The molecule has 0 spiro atoms.